The van der Waals surface area contributed by atoms with Crippen LogP contribution < -0.4 is 14.9 Å². The highest BCUT2D eigenvalue weighted by Crippen LogP contribution is 2.42. The van der Waals surface area contributed by atoms with Crippen molar-refractivity contribution in [3.05, 3.63) is 45.6 Å². The molecule has 2 aromatic rings. The smallest absolute Gasteiger partial charge is 0.313 e. The molecule has 2 N–H and O–H groups in total. The van der Waals surface area contributed by atoms with Crippen LogP contribution in [0.1, 0.15) is 37.0 Å². The summed E-state index contributed by atoms with van der Waals surface area (Å²) >= 11 is 7.87. The minimum absolute atomic E-state index is 0.0638. The standard InChI is InChI=1S/C21H24ClN3O4S2/c22-16-7-6-15(13-17(16)25-10-4-12-31(25,28)29)24-20(27)19(26)23-14-21(8-1-2-9-21)18-5-3-11-30-18/h3,5-7,11,13H,1-2,4,8-10,12,14H2,(H,23,26)(H,24,27). The van der Waals surface area contributed by atoms with Crippen LogP contribution in [0.3, 0.4) is 0 Å². The Balaban J connectivity index is 1.42. The fourth-order valence-electron chi connectivity index (χ4n) is 4.35. The van der Waals surface area contributed by atoms with Gasteiger partial charge in [-0.25, -0.2) is 8.42 Å². The van der Waals surface area contributed by atoms with E-state index >= 15 is 0 Å². The lowest BCUT2D eigenvalue weighted by atomic mass is 9.84. The zero-order valence-corrected chi connectivity index (χ0v) is 19.3. The van der Waals surface area contributed by atoms with Gasteiger partial charge in [0.15, 0.2) is 0 Å². The maximum absolute atomic E-state index is 12.5. The first kappa shape index (κ1) is 22.1. The number of rotatable bonds is 5. The highest BCUT2D eigenvalue weighted by molar-refractivity contribution is 7.93. The summed E-state index contributed by atoms with van der Waals surface area (Å²) in [6.45, 7) is 0.752. The Kier molecular flexibility index (Phi) is 6.27. The number of hydrogen-bond acceptors (Lipinski definition) is 5. The number of nitrogens with one attached hydrogen (secondary N) is 2. The normalized spacial score (nSPS) is 19.3. The van der Waals surface area contributed by atoms with Crippen molar-refractivity contribution < 1.29 is 18.0 Å². The van der Waals surface area contributed by atoms with Gasteiger partial charge in [0.1, 0.15) is 0 Å². The van der Waals surface area contributed by atoms with Gasteiger partial charge in [-0.05, 0) is 48.9 Å². The number of halogens is 1. The van der Waals surface area contributed by atoms with Gasteiger partial charge in [-0.15, -0.1) is 11.3 Å². The Hall–Kier alpha value is -2.10. The molecule has 0 unspecified atom stereocenters. The minimum atomic E-state index is -3.41. The van der Waals surface area contributed by atoms with Crippen LogP contribution in [0.25, 0.3) is 0 Å². The molecule has 4 rings (SSSR count). The van der Waals surface area contributed by atoms with Crippen LogP contribution in [0.5, 0.6) is 0 Å². The second-order valence-corrected chi connectivity index (χ2v) is 11.4. The fourth-order valence-corrected chi connectivity index (χ4v) is 7.18. The molecule has 2 fully saturated rings. The molecule has 0 spiro atoms. The van der Waals surface area contributed by atoms with E-state index in [2.05, 4.69) is 16.7 Å². The van der Waals surface area contributed by atoms with Crippen molar-refractivity contribution >= 4 is 56.2 Å². The van der Waals surface area contributed by atoms with E-state index in [0.717, 1.165) is 25.7 Å². The molecule has 1 aliphatic carbocycles. The van der Waals surface area contributed by atoms with Crippen LogP contribution in [0.2, 0.25) is 5.02 Å². The lowest BCUT2D eigenvalue weighted by molar-refractivity contribution is -0.136. The molecule has 1 aromatic carbocycles. The van der Waals surface area contributed by atoms with Gasteiger partial charge in [-0.3, -0.25) is 13.9 Å². The molecule has 7 nitrogen and oxygen atoms in total. The van der Waals surface area contributed by atoms with E-state index in [1.54, 1.807) is 17.4 Å². The Morgan fingerprint density at radius 1 is 1.13 bits per heavy atom. The van der Waals surface area contributed by atoms with E-state index in [1.807, 2.05) is 11.4 Å². The van der Waals surface area contributed by atoms with Gasteiger partial charge in [-0.2, -0.15) is 0 Å². The van der Waals surface area contributed by atoms with Gasteiger partial charge in [0.05, 0.1) is 16.5 Å². The molecule has 0 atom stereocenters. The Labute approximate surface area is 190 Å². The van der Waals surface area contributed by atoms with Gasteiger partial charge in [0.2, 0.25) is 10.0 Å². The maximum atomic E-state index is 12.5. The first-order chi connectivity index (χ1) is 14.8. The Morgan fingerprint density at radius 3 is 2.55 bits per heavy atom. The van der Waals surface area contributed by atoms with E-state index in [4.69, 9.17) is 11.6 Å². The number of hydrogen-bond donors (Lipinski definition) is 2. The predicted molar refractivity (Wildman–Crippen MR) is 123 cm³/mol. The van der Waals surface area contributed by atoms with E-state index < -0.39 is 21.8 Å². The molecule has 31 heavy (non-hydrogen) atoms. The molecule has 2 aliphatic rings. The lowest BCUT2D eigenvalue weighted by Gasteiger charge is -2.28. The quantitative estimate of drug-likeness (QED) is 0.639. The molecular weight excluding hydrogens is 458 g/mol. The van der Waals surface area contributed by atoms with E-state index in [0.29, 0.717) is 30.9 Å². The molecule has 0 radical (unpaired) electrons. The van der Waals surface area contributed by atoms with Crippen molar-refractivity contribution in [3.63, 3.8) is 0 Å². The number of sulfonamides is 1. The molecule has 0 bridgehead atoms. The Morgan fingerprint density at radius 2 is 1.90 bits per heavy atom. The molecule has 2 heterocycles. The van der Waals surface area contributed by atoms with Crippen molar-refractivity contribution in [2.45, 2.75) is 37.5 Å². The second kappa shape index (κ2) is 8.80. The molecule has 1 aromatic heterocycles. The van der Waals surface area contributed by atoms with Crippen molar-refractivity contribution in [3.8, 4) is 0 Å². The number of benzene rings is 1. The Bertz CT molecular complexity index is 1080. The second-order valence-electron chi connectivity index (χ2n) is 8.01. The largest absolute Gasteiger partial charge is 0.347 e. The monoisotopic (exact) mass is 481 g/mol. The van der Waals surface area contributed by atoms with Crippen LogP contribution >= 0.6 is 22.9 Å². The summed E-state index contributed by atoms with van der Waals surface area (Å²) in [6.07, 6.45) is 4.70. The zero-order chi connectivity index (χ0) is 22.1. The van der Waals surface area contributed by atoms with Crippen molar-refractivity contribution in [2.75, 3.05) is 28.5 Å². The van der Waals surface area contributed by atoms with Crippen molar-refractivity contribution in [2.24, 2.45) is 0 Å². The lowest BCUT2D eigenvalue weighted by Crippen LogP contribution is -2.43. The summed E-state index contributed by atoms with van der Waals surface area (Å²) in [4.78, 5) is 26.2. The highest BCUT2D eigenvalue weighted by atomic mass is 35.5. The third-order valence-corrected chi connectivity index (χ3v) is 9.26. The van der Waals surface area contributed by atoms with Gasteiger partial charge in [-0.1, -0.05) is 30.5 Å². The first-order valence-electron chi connectivity index (χ1n) is 10.2. The summed E-state index contributed by atoms with van der Waals surface area (Å²) in [5, 5.41) is 7.65. The van der Waals surface area contributed by atoms with Crippen molar-refractivity contribution in [1.29, 1.82) is 0 Å². The molecular formula is C21H24ClN3O4S2. The summed E-state index contributed by atoms with van der Waals surface area (Å²) in [5.74, 6) is -1.45. The van der Waals surface area contributed by atoms with Crippen LogP contribution in [-0.2, 0) is 25.0 Å². The maximum Gasteiger partial charge on any atom is 0.313 e. The van der Waals surface area contributed by atoms with Gasteiger partial charge in [0.25, 0.3) is 0 Å². The minimum Gasteiger partial charge on any atom is -0.347 e. The molecule has 1 aliphatic heterocycles. The average Bonchev–Trinajstić information content (AvgIpc) is 3.48. The van der Waals surface area contributed by atoms with Crippen LogP contribution in [0.15, 0.2) is 35.7 Å². The molecule has 1 saturated carbocycles. The average molecular weight is 482 g/mol. The molecule has 166 valence electrons. The predicted octanol–water partition coefficient (Wildman–Crippen LogP) is 3.51. The SMILES string of the molecule is O=C(NCC1(c2cccs2)CCCC1)C(=O)Nc1ccc(Cl)c(N2CCCS2(=O)=O)c1. The van der Waals surface area contributed by atoms with Crippen LogP contribution in [0, 0.1) is 0 Å². The number of amides is 2. The van der Waals surface area contributed by atoms with Gasteiger partial charge in [0, 0.05) is 29.1 Å². The fraction of sp³-hybridized carbons (Fsp3) is 0.429. The number of anilines is 2. The number of thiophene rings is 1. The van der Waals surface area contributed by atoms with Gasteiger partial charge < -0.3 is 10.6 Å². The third kappa shape index (κ3) is 4.58. The first-order valence-corrected chi connectivity index (χ1v) is 13.1. The molecule has 1 saturated heterocycles. The number of nitrogens with zero attached hydrogens (tertiary/aromatic N) is 1. The third-order valence-electron chi connectivity index (χ3n) is 5.97. The zero-order valence-electron chi connectivity index (χ0n) is 16.9. The van der Waals surface area contributed by atoms with E-state index in [9.17, 15) is 18.0 Å². The highest BCUT2D eigenvalue weighted by Gasteiger charge is 2.37. The molecule has 2 amide bonds. The van der Waals surface area contributed by atoms with Gasteiger partial charge >= 0.3 is 11.8 Å². The van der Waals surface area contributed by atoms with Crippen LogP contribution in [-0.4, -0.2) is 39.1 Å². The topological polar surface area (TPSA) is 95.6 Å². The molecule has 10 heteroatoms. The van der Waals surface area contributed by atoms with E-state index in [-0.39, 0.29) is 16.2 Å². The van der Waals surface area contributed by atoms with Crippen molar-refractivity contribution in [1.82, 2.24) is 5.32 Å². The van der Waals surface area contributed by atoms with Crippen LogP contribution in [0.4, 0.5) is 11.4 Å². The van der Waals surface area contributed by atoms with E-state index in [1.165, 1.54) is 21.3 Å². The summed E-state index contributed by atoms with van der Waals surface area (Å²) in [5.41, 5.74) is 0.511. The summed E-state index contributed by atoms with van der Waals surface area (Å²) in [7, 11) is -3.41. The number of carbonyl (C=O) groups is 2. The number of carbonyl (C=O) groups excluding carboxylic acids is 2. The summed E-state index contributed by atoms with van der Waals surface area (Å²) < 4.78 is 25.7. The summed E-state index contributed by atoms with van der Waals surface area (Å²) in [6, 6.07) is 8.64.